The maximum Gasteiger partial charge on any atom is 0.293 e. The molecule has 0 aliphatic carbocycles. The first-order valence-electron chi connectivity index (χ1n) is 8.42. The van der Waals surface area contributed by atoms with Crippen LogP contribution in [0.3, 0.4) is 0 Å². The van der Waals surface area contributed by atoms with Crippen molar-refractivity contribution < 1.29 is 14.3 Å². The third kappa shape index (κ3) is 4.29. The number of hydrogen-bond acceptors (Lipinski definition) is 4. The Bertz CT molecular complexity index is 1080. The van der Waals surface area contributed by atoms with Gasteiger partial charge in [-0.25, -0.2) is 0 Å². The molecule has 142 valence electrons. The van der Waals surface area contributed by atoms with Crippen molar-refractivity contribution >= 4 is 29.0 Å². The van der Waals surface area contributed by atoms with Gasteiger partial charge in [0.15, 0.2) is 11.5 Å². The molecular weight excluding hydrogens is 380 g/mol. The predicted octanol–water partition coefficient (Wildman–Crippen LogP) is 3.38. The summed E-state index contributed by atoms with van der Waals surface area (Å²) in [7, 11) is 1.39. The molecule has 0 saturated carbocycles. The van der Waals surface area contributed by atoms with Crippen molar-refractivity contribution in [1.82, 2.24) is 4.57 Å². The number of ketones is 1. The second kappa shape index (κ2) is 8.54. The van der Waals surface area contributed by atoms with Crippen LogP contribution >= 0.6 is 11.6 Å². The normalized spacial score (nSPS) is 10.4. The minimum absolute atomic E-state index is 0.140. The van der Waals surface area contributed by atoms with Gasteiger partial charge in [-0.05, 0) is 30.3 Å². The van der Waals surface area contributed by atoms with Crippen LogP contribution < -0.4 is 15.6 Å². The lowest BCUT2D eigenvalue weighted by atomic mass is 10.0. The van der Waals surface area contributed by atoms with Gasteiger partial charge in [0.05, 0.1) is 12.8 Å². The van der Waals surface area contributed by atoms with Crippen molar-refractivity contribution in [3.63, 3.8) is 0 Å². The average Bonchev–Trinajstić information content (AvgIpc) is 2.71. The largest absolute Gasteiger partial charge is 0.491 e. The maximum atomic E-state index is 12.8. The van der Waals surface area contributed by atoms with Gasteiger partial charge in [0.2, 0.25) is 5.91 Å². The fourth-order valence-electron chi connectivity index (χ4n) is 2.70. The van der Waals surface area contributed by atoms with E-state index in [-0.39, 0.29) is 23.6 Å². The first kappa shape index (κ1) is 19.4. The second-order valence-electron chi connectivity index (χ2n) is 5.94. The molecule has 7 heteroatoms. The Kier molecular flexibility index (Phi) is 5.91. The molecular formula is C21H17ClN2O4. The van der Waals surface area contributed by atoms with Crippen molar-refractivity contribution in [2.24, 2.45) is 0 Å². The third-order valence-corrected chi connectivity index (χ3v) is 4.29. The zero-order valence-electron chi connectivity index (χ0n) is 15.0. The summed E-state index contributed by atoms with van der Waals surface area (Å²) in [5, 5.41) is 3.06. The Labute approximate surface area is 166 Å². The van der Waals surface area contributed by atoms with Crippen LogP contribution in [0.25, 0.3) is 0 Å². The quantitative estimate of drug-likeness (QED) is 0.648. The van der Waals surface area contributed by atoms with Gasteiger partial charge in [-0.15, -0.1) is 0 Å². The zero-order valence-corrected chi connectivity index (χ0v) is 15.8. The molecule has 3 aromatic rings. The molecule has 0 radical (unpaired) electrons. The number of ether oxygens (including phenoxy) is 1. The van der Waals surface area contributed by atoms with Crippen LogP contribution in [0.4, 0.5) is 5.69 Å². The summed E-state index contributed by atoms with van der Waals surface area (Å²) in [6, 6.07) is 16.5. The monoisotopic (exact) mass is 396 g/mol. The summed E-state index contributed by atoms with van der Waals surface area (Å²) < 4.78 is 6.20. The van der Waals surface area contributed by atoms with E-state index in [1.807, 2.05) is 6.07 Å². The van der Waals surface area contributed by atoms with E-state index in [4.69, 9.17) is 16.3 Å². The summed E-state index contributed by atoms with van der Waals surface area (Å²) in [5.74, 6) is -0.585. The fraction of sp³-hybridized carbons (Fsp3) is 0.0952. The fourth-order valence-corrected chi connectivity index (χ4v) is 2.87. The van der Waals surface area contributed by atoms with Crippen LogP contribution in [0.15, 0.2) is 71.7 Å². The van der Waals surface area contributed by atoms with Gasteiger partial charge in [-0.3, -0.25) is 14.4 Å². The van der Waals surface area contributed by atoms with Crippen molar-refractivity contribution in [3.8, 4) is 5.75 Å². The van der Waals surface area contributed by atoms with E-state index >= 15 is 0 Å². The van der Waals surface area contributed by atoms with Gasteiger partial charge in [-0.1, -0.05) is 41.9 Å². The molecule has 28 heavy (non-hydrogen) atoms. The number of benzene rings is 2. The molecule has 0 aliphatic rings. The molecule has 0 saturated heterocycles. The van der Waals surface area contributed by atoms with E-state index in [1.54, 1.807) is 42.5 Å². The van der Waals surface area contributed by atoms with Gasteiger partial charge in [0.1, 0.15) is 6.54 Å². The second-order valence-corrected chi connectivity index (χ2v) is 6.38. The number of carbonyl (C=O) groups excluding carboxylic acids is 2. The van der Waals surface area contributed by atoms with E-state index in [0.29, 0.717) is 16.3 Å². The summed E-state index contributed by atoms with van der Waals surface area (Å²) in [6.07, 6.45) is 1.49. The third-order valence-electron chi connectivity index (χ3n) is 4.06. The molecule has 0 fully saturated rings. The van der Waals surface area contributed by atoms with Gasteiger partial charge in [0, 0.05) is 22.3 Å². The van der Waals surface area contributed by atoms with Crippen LogP contribution in [0, 0.1) is 0 Å². The van der Waals surface area contributed by atoms with Crippen molar-refractivity contribution in [1.29, 1.82) is 0 Å². The molecule has 1 amide bonds. The zero-order chi connectivity index (χ0) is 20.1. The molecule has 0 unspecified atom stereocenters. The van der Waals surface area contributed by atoms with E-state index in [1.165, 1.54) is 30.0 Å². The van der Waals surface area contributed by atoms with E-state index in [9.17, 15) is 14.4 Å². The van der Waals surface area contributed by atoms with Gasteiger partial charge < -0.3 is 14.6 Å². The number of amides is 1. The first-order valence-corrected chi connectivity index (χ1v) is 8.80. The Balaban J connectivity index is 1.86. The van der Waals surface area contributed by atoms with Crippen LogP contribution in [-0.2, 0) is 11.3 Å². The van der Waals surface area contributed by atoms with Crippen molar-refractivity contribution in [3.05, 3.63) is 93.4 Å². The Morgan fingerprint density at radius 2 is 1.82 bits per heavy atom. The Hall–Kier alpha value is -3.38. The molecule has 0 atom stereocenters. The number of pyridine rings is 1. The smallest absolute Gasteiger partial charge is 0.293 e. The van der Waals surface area contributed by atoms with E-state index < -0.39 is 11.5 Å². The van der Waals surface area contributed by atoms with Crippen LogP contribution in [0.5, 0.6) is 5.75 Å². The number of methoxy groups -OCH3 is 1. The lowest BCUT2D eigenvalue weighted by Gasteiger charge is -2.12. The lowest BCUT2D eigenvalue weighted by molar-refractivity contribution is -0.116. The molecule has 1 heterocycles. The molecule has 3 rings (SSSR count). The van der Waals surface area contributed by atoms with E-state index in [0.717, 1.165) is 0 Å². The topological polar surface area (TPSA) is 77.4 Å². The lowest BCUT2D eigenvalue weighted by Crippen LogP contribution is -2.28. The molecule has 0 bridgehead atoms. The highest BCUT2D eigenvalue weighted by Crippen LogP contribution is 2.23. The number of nitrogens with zero attached hydrogens (tertiary/aromatic N) is 1. The minimum atomic E-state index is -0.459. The highest BCUT2D eigenvalue weighted by atomic mass is 35.5. The van der Waals surface area contributed by atoms with Gasteiger partial charge >= 0.3 is 0 Å². The van der Waals surface area contributed by atoms with E-state index in [2.05, 4.69) is 5.32 Å². The van der Waals surface area contributed by atoms with Crippen LogP contribution in [-0.4, -0.2) is 23.4 Å². The number of aromatic nitrogens is 1. The van der Waals surface area contributed by atoms with Gasteiger partial charge in [-0.2, -0.15) is 0 Å². The predicted molar refractivity (Wildman–Crippen MR) is 107 cm³/mol. The highest BCUT2D eigenvalue weighted by molar-refractivity contribution is 6.31. The maximum absolute atomic E-state index is 12.8. The Morgan fingerprint density at radius 3 is 2.54 bits per heavy atom. The summed E-state index contributed by atoms with van der Waals surface area (Å²) in [5.41, 5.74) is 0.644. The highest BCUT2D eigenvalue weighted by Gasteiger charge is 2.16. The number of nitrogens with one attached hydrogen (secondary N) is 1. The molecule has 2 aromatic carbocycles. The standard InChI is InChI=1S/C21H17ClN2O4/c1-28-18-8-5-11-24(21(18)27)13-19(25)23-17-10-9-15(22)12-16(17)20(26)14-6-3-2-4-7-14/h2-12H,13H2,1H3,(H,23,25). The van der Waals surface area contributed by atoms with Gasteiger partial charge in [0.25, 0.3) is 5.56 Å². The van der Waals surface area contributed by atoms with Crippen LogP contribution in [0.1, 0.15) is 15.9 Å². The number of hydrogen-bond donors (Lipinski definition) is 1. The number of carbonyl (C=O) groups is 2. The molecule has 0 aliphatic heterocycles. The van der Waals surface area contributed by atoms with Crippen LogP contribution in [0.2, 0.25) is 5.02 Å². The molecule has 0 spiro atoms. The number of anilines is 1. The SMILES string of the molecule is COc1cccn(CC(=O)Nc2ccc(Cl)cc2C(=O)c2ccccc2)c1=O. The summed E-state index contributed by atoms with van der Waals surface area (Å²) in [6.45, 7) is -0.225. The molecule has 6 nitrogen and oxygen atoms in total. The molecule has 1 N–H and O–H groups in total. The minimum Gasteiger partial charge on any atom is -0.491 e. The summed E-state index contributed by atoms with van der Waals surface area (Å²) in [4.78, 5) is 37.5. The van der Waals surface area contributed by atoms with Crippen molar-refractivity contribution in [2.75, 3.05) is 12.4 Å². The summed E-state index contributed by atoms with van der Waals surface area (Å²) >= 11 is 6.04. The number of halogens is 1. The molecule has 1 aromatic heterocycles. The number of rotatable bonds is 6. The average molecular weight is 397 g/mol. The first-order chi connectivity index (χ1) is 13.5. The van der Waals surface area contributed by atoms with Crippen molar-refractivity contribution in [2.45, 2.75) is 6.54 Å². The Morgan fingerprint density at radius 1 is 1.07 bits per heavy atom.